The molecule has 2 aromatic carbocycles. The van der Waals surface area contributed by atoms with Gasteiger partial charge in [-0.3, -0.25) is 4.99 Å². The lowest BCUT2D eigenvalue weighted by Crippen LogP contribution is -2.00. The van der Waals surface area contributed by atoms with Crippen molar-refractivity contribution in [1.29, 1.82) is 5.41 Å². The van der Waals surface area contributed by atoms with Crippen LogP contribution >= 0.6 is 11.6 Å². The SMILES string of the molecule is Cc1cccc(C(=N)/C=C\C2=CCCC=N2)c1-c1cccc(Cl)c1. The number of halogens is 1. The van der Waals surface area contributed by atoms with Crippen LogP contribution in [0.25, 0.3) is 11.1 Å². The summed E-state index contributed by atoms with van der Waals surface area (Å²) < 4.78 is 0. The number of nitrogens with zero attached hydrogens (tertiary/aromatic N) is 1. The van der Waals surface area contributed by atoms with Gasteiger partial charge in [0.05, 0.1) is 11.4 Å². The fraction of sp³-hybridized carbons (Fsp3) is 0.143. The first-order chi connectivity index (χ1) is 11.6. The highest BCUT2D eigenvalue weighted by Crippen LogP contribution is 2.30. The highest BCUT2D eigenvalue weighted by atomic mass is 35.5. The summed E-state index contributed by atoms with van der Waals surface area (Å²) in [7, 11) is 0. The third-order valence-corrected chi connectivity index (χ3v) is 4.22. The Kier molecular flexibility index (Phi) is 5.07. The van der Waals surface area contributed by atoms with Crippen LogP contribution in [0.2, 0.25) is 5.02 Å². The van der Waals surface area contributed by atoms with Crippen LogP contribution in [0.5, 0.6) is 0 Å². The molecule has 0 saturated heterocycles. The zero-order chi connectivity index (χ0) is 16.9. The van der Waals surface area contributed by atoms with E-state index in [4.69, 9.17) is 17.0 Å². The number of benzene rings is 2. The predicted octanol–water partition coefficient (Wildman–Crippen LogP) is 5.99. The maximum atomic E-state index is 8.49. The van der Waals surface area contributed by atoms with Crippen molar-refractivity contribution in [3.05, 3.63) is 82.5 Å². The summed E-state index contributed by atoms with van der Waals surface area (Å²) in [5.74, 6) is 0. The third kappa shape index (κ3) is 3.72. The molecule has 120 valence electrons. The number of allylic oxidation sites excluding steroid dienone is 3. The molecule has 1 N–H and O–H groups in total. The molecule has 0 spiro atoms. The minimum Gasteiger partial charge on any atom is -0.300 e. The van der Waals surface area contributed by atoms with Gasteiger partial charge in [-0.1, -0.05) is 48.0 Å². The predicted molar refractivity (Wildman–Crippen MR) is 103 cm³/mol. The molecule has 0 radical (unpaired) electrons. The molecule has 1 heterocycles. The molecule has 0 atom stereocenters. The average molecular weight is 335 g/mol. The first-order valence-corrected chi connectivity index (χ1v) is 8.38. The Hall–Kier alpha value is -2.45. The summed E-state index contributed by atoms with van der Waals surface area (Å²) in [5.41, 5.74) is 5.49. The Balaban J connectivity index is 1.97. The Labute approximate surface area is 147 Å². The second-order valence-electron chi connectivity index (χ2n) is 5.77. The van der Waals surface area contributed by atoms with Gasteiger partial charge in [0.2, 0.25) is 0 Å². The molecule has 24 heavy (non-hydrogen) atoms. The molecule has 0 aromatic heterocycles. The van der Waals surface area contributed by atoms with Gasteiger partial charge in [-0.2, -0.15) is 0 Å². The normalized spacial score (nSPS) is 14.0. The van der Waals surface area contributed by atoms with Crippen molar-refractivity contribution < 1.29 is 0 Å². The van der Waals surface area contributed by atoms with Gasteiger partial charge in [-0.15, -0.1) is 0 Å². The summed E-state index contributed by atoms with van der Waals surface area (Å²) in [6, 6.07) is 13.8. The lowest BCUT2D eigenvalue weighted by molar-refractivity contribution is 1.06. The van der Waals surface area contributed by atoms with E-state index in [-0.39, 0.29) is 0 Å². The van der Waals surface area contributed by atoms with Crippen molar-refractivity contribution in [3.8, 4) is 11.1 Å². The first kappa shape index (κ1) is 16.4. The summed E-state index contributed by atoms with van der Waals surface area (Å²) in [4.78, 5) is 4.34. The fourth-order valence-corrected chi connectivity index (χ4v) is 3.01. The highest BCUT2D eigenvalue weighted by molar-refractivity contribution is 6.31. The maximum absolute atomic E-state index is 8.49. The van der Waals surface area contributed by atoms with Gasteiger partial charge in [0.1, 0.15) is 0 Å². The molecule has 3 heteroatoms. The van der Waals surface area contributed by atoms with Gasteiger partial charge in [0.15, 0.2) is 0 Å². The molecular formula is C21H19ClN2. The van der Waals surface area contributed by atoms with E-state index in [0.717, 1.165) is 40.8 Å². The molecule has 0 amide bonds. The lowest BCUT2D eigenvalue weighted by atomic mass is 9.92. The Morgan fingerprint density at radius 1 is 1.17 bits per heavy atom. The number of nitrogens with one attached hydrogen (secondary N) is 1. The fourth-order valence-electron chi connectivity index (χ4n) is 2.82. The number of aliphatic imine (C=N–C) groups is 1. The van der Waals surface area contributed by atoms with E-state index in [0.29, 0.717) is 10.7 Å². The van der Waals surface area contributed by atoms with Crippen molar-refractivity contribution >= 4 is 23.5 Å². The summed E-state index contributed by atoms with van der Waals surface area (Å²) in [5, 5.41) is 9.19. The summed E-state index contributed by atoms with van der Waals surface area (Å²) in [6.07, 6.45) is 9.74. The maximum Gasteiger partial charge on any atom is 0.0619 e. The Bertz CT molecular complexity index is 860. The van der Waals surface area contributed by atoms with Crippen LogP contribution in [-0.4, -0.2) is 11.9 Å². The zero-order valence-corrected chi connectivity index (χ0v) is 14.3. The summed E-state index contributed by atoms with van der Waals surface area (Å²) in [6.45, 7) is 2.06. The van der Waals surface area contributed by atoms with Crippen molar-refractivity contribution in [2.24, 2.45) is 4.99 Å². The lowest BCUT2D eigenvalue weighted by Gasteiger charge is -2.13. The van der Waals surface area contributed by atoms with Gasteiger partial charge in [-0.25, -0.2) is 0 Å². The van der Waals surface area contributed by atoms with E-state index in [1.165, 1.54) is 0 Å². The number of aryl methyl sites for hydroxylation is 1. The van der Waals surface area contributed by atoms with Gasteiger partial charge in [0, 0.05) is 16.8 Å². The van der Waals surface area contributed by atoms with Crippen LogP contribution in [-0.2, 0) is 0 Å². The molecule has 2 nitrogen and oxygen atoms in total. The minimum atomic E-state index is 0.468. The van der Waals surface area contributed by atoms with E-state index in [2.05, 4.69) is 24.1 Å². The topological polar surface area (TPSA) is 36.2 Å². The van der Waals surface area contributed by atoms with E-state index in [1.807, 2.05) is 54.8 Å². The number of hydrogen-bond acceptors (Lipinski definition) is 2. The molecule has 0 unspecified atom stereocenters. The van der Waals surface area contributed by atoms with Crippen LogP contribution < -0.4 is 0 Å². The molecule has 0 fully saturated rings. The molecular weight excluding hydrogens is 316 g/mol. The minimum absolute atomic E-state index is 0.468. The van der Waals surface area contributed by atoms with Gasteiger partial charge < -0.3 is 5.41 Å². The smallest absolute Gasteiger partial charge is 0.0619 e. The molecule has 1 aliphatic rings. The molecule has 1 aliphatic heterocycles. The van der Waals surface area contributed by atoms with Crippen LogP contribution in [0, 0.1) is 12.3 Å². The van der Waals surface area contributed by atoms with Crippen molar-refractivity contribution in [3.63, 3.8) is 0 Å². The largest absolute Gasteiger partial charge is 0.300 e. The van der Waals surface area contributed by atoms with Crippen LogP contribution in [0.1, 0.15) is 24.0 Å². The second kappa shape index (κ2) is 7.41. The van der Waals surface area contributed by atoms with Gasteiger partial charge in [-0.05, 0) is 60.7 Å². The molecule has 0 bridgehead atoms. The first-order valence-electron chi connectivity index (χ1n) is 8.00. The molecule has 0 aliphatic carbocycles. The molecule has 2 aromatic rings. The van der Waals surface area contributed by atoms with E-state index >= 15 is 0 Å². The zero-order valence-electron chi connectivity index (χ0n) is 13.6. The van der Waals surface area contributed by atoms with E-state index < -0.39 is 0 Å². The number of hydrogen-bond donors (Lipinski definition) is 1. The van der Waals surface area contributed by atoms with Gasteiger partial charge >= 0.3 is 0 Å². The monoisotopic (exact) mass is 334 g/mol. The summed E-state index contributed by atoms with van der Waals surface area (Å²) >= 11 is 6.15. The average Bonchev–Trinajstić information content (AvgIpc) is 2.60. The molecule has 3 rings (SSSR count). The van der Waals surface area contributed by atoms with E-state index in [9.17, 15) is 0 Å². The van der Waals surface area contributed by atoms with Crippen molar-refractivity contribution in [2.75, 3.05) is 0 Å². The Morgan fingerprint density at radius 3 is 2.75 bits per heavy atom. The van der Waals surface area contributed by atoms with Crippen LogP contribution in [0.4, 0.5) is 0 Å². The van der Waals surface area contributed by atoms with Crippen LogP contribution in [0.3, 0.4) is 0 Å². The van der Waals surface area contributed by atoms with Crippen LogP contribution in [0.15, 0.2) is 71.4 Å². The van der Waals surface area contributed by atoms with Crippen molar-refractivity contribution in [2.45, 2.75) is 19.8 Å². The quantitative estimate of drug-likeness (QED) is 0.667. The Morgan fingerprint density at radius 2 is 2.00 bits per heavy atom. The number of rotatable bonds is 4. The molecule has 0 saturated carbocycles. The third-order valence-electron chi connectivity index (χ3n) is 3.99. The van der Waals surface area contributed by atoms with Gasteiger partial charge in [0.25, 0.3) is 0 Å². The highest BCUT2D eigenvalue weighted by Gasteiger charge is 2.11. The standard InChI is InChI=1S/C21H19ClN2/c1-15-6-4-10-19(21(15)16-7-5-8-17(22)14-16)20(23)12-11-18-9-2-3-13-24-18/h4-14,23H,2-3H2,1H3/b12-11-,23-20?. The van der Waals surface area contributed by atoms with Crippen molar-refractivity contribution in [1.82, 2.24) is 0 Å². The van der Waals surface area contributed by atoms with E-state index in [1.54, 1.807) is 0 Å². The second-order valence-corrected chi connectivity index (χ2v) is 6.21.